The quantitative estimate of drug-likeness (QED) is 0.851. The number of carbonyl (C=O) groups is 2. The topological polar surface area (TPSA) is 46.2 Å². The van der Waals surface area contributed by atoms with Crippen molar-refractivity contribution in [1.29, 1.82) is 0 Å². The normalized spacial score (nSPS) is 10.3. The first-order valence-corrected chi connectivity index (χ1v) is 7.43. The van der Waals surface area contributed by atoms with E-state index in [-0.39, 0.29) is 11.7 Å². The van der Waals surface area contributed by atoms with E-state index in [1.54, 1.807) is 13.0 Å². The summed E-state index contributed by atoms with van der Waals surface area (Å²) in [4.78, 5) is 25.0. The first-order chi connectivity index (χ1) is 9.61. The van der Waals surface area contributed by atoms with Crippen LogP contribution in [0.4, 0.5) is 0 Å². The zero-order valence-electron chi connectivity index (χ0n) is 11.6. The molecule has 104 valence electrons. The van der Waals surface area contributed by atoms with Gasteiger partial charge < -0.3 is 5.32 Å². The highest BCUT2D eigenvalue weighted by atomic mass is 32.1. The molecule has 1 aromatic heterocycles. The molecule has 0 aliphatic carbocycles. The van der Waals surface area contributed by atoms with Crippen LogP contribution in [0, 0.1) is 0 Å². The number of hydrogen-bond acceptors (Lipinski definition) is 3. The summed E-state index contributed by atoms with van der Waals surface area (Å²) in [6.07, 6.45) is 0.921. The van der Waals surface area contributed by atoms with E-state index in [0.717, 1.165) is 16.9 Å². The van der Waals surface area contributed by atoms with Gasteiger partial charge in [0, 0.05) is 17.0 Å². The number of carbonyl (C=O) groups excluding carboxylic acids is 2. The first kappa shape index (κ1) is 14.5. The van der Waals surface area contributed by atoms with E-state index in [2.05, 4.69) is 5.32 Å². The van der Waals surface area contributed by atoms with Crippen LogP contribution in [0.25, 0.3) is 10.4 Å². The number of thiophene rings is 1. The average molecular weight is 287 g/mol. The smallest absolute Gasteiger partial charge is 0.261 e. The third-order valence-electron chi connectivity index (χ3n) is 2.92. The van der Waals surface area contributed by atoms with Gasteiger partial charge in [-0.1, -0.05) is 25.1 Å². The summed E-state index contributed by atoms with van der Waals surface area (Å²) in [7, 11) is 0. The van der Waals surface area contributed by atoms with Crippen LogP contribution in [0.3, 0.4) is 0 Å². The van der Waals surface area contributed by atoms with Crippen LogP contribution < -0.4 is 5.32 Å². The summed E-state index contributed by atoms with van der Waals surface area (Å²) < 4.78 is 0. The summed E-state index contributed by atoms with van der Waals surface area (Å²) in [6.45, 7) is 4.26. The van der Waals surface area contributed by atoms with Gasteiger partial charge in [-0.25, -0.2) is 0 Å². The molecule has 0 radical (unpaired) electrons. The molecule has 0 aliphatic rings. The fraction of sp³-hybridized carbons (Fsp3) is 0.250. The monoisotopic (exact) mass is 287 g/mol. The second kappa shape index (κ2) is 6.48. The van der Waals surface area contributed by atoms with Gasteiger partial charge in [-0.2, -0.15) is 0 Å². The molecule has 1 heterocycles. The molecule has 0 saturated carbocycles. The minimum atomic E-state index is -0.0363. The second-order valence-electron chi connectivity index (χ2n) is 4.56. The molecule has 0 aliphatic heterocycles. The Morgan fingerprint density at radius 2 is 2.00 bits per heavy atom. The van der Waals surface area contributed by atoms with Crippen LogP contribution in [0.2, 0.25) is 0 Å². The standard InChI is InChI=1S/C16H17NO2S/c1-3-9-17-16(19)15-8-7-14(20-15)13-6-4-5-12(10-13)11(2)18/h4-8,10H,3,9H2,1-2H3,(H,17,19). The maximum atomic E-state index is 11.9. The number of benzene rings is 1. The van der Waals surface area contributed by atoms with Crippen molar-refractivity contribution in [2.24, 2.45) is 0 Å². The summed E-state index contributed by atoms with van der Waals surface area (Å²) in [5.74, 6) is 0.00939. The highest BCUT2D eigenvalue weighted by molar-refractivity contribution is 7.17. The van der Waals surface area contributed by atoms with Gasteiger partial charge in [0.15, 0.2) is 5.78 Å². The molecule has 0 bridgehead atoms. The Morgan fingerprint density at radius 1 is 1.20 bits per heavy atom. The van der Waals surface area contributed by atoms with E-state index < -0.39 is 0 Å². The molecule has 0 fully saturated rings. The molecule has 1 amide bonds. The summed E-state index contributed by atoms with van der Waals surface area (Å²) in [5, 5.41) is 2.86. The van der Waals surface area contributed by atoms with Crippen LogP contribution in [-0.4, -0.2) is 18.2 Å². The van der Waals surface area contributed by atoms with Gasteiger partial charge in [0.2, 0.25) is 0 Å². The number of nitrogens with one attached hydrogen (secondary N) is 1. The maximum Gasteiger partial charge on any atom is 0.261 e. The Morgan fingerprint density at radius 3 is 2.70 bits per heavy atom. The Bertz CT molecular complexity index is 631. The predicted molar refractivity (Wildman–Crippen MR) is 82.4 cm³/mol. The largest absolute Gasteiger partial charge is 0.351 e. The Labute approximate surface area is 122 Å². The highest BCUT2D eigenvalue weighted by Gasteiger charge is 2.10. The van der Waals surface area contributed by atoms with Gasteiger partial charge in [0.05, 0.1) is 4.88 Å². The minimum absolute atomic E-state index is 0.0363. The zero-order chi connectivity index (χ0) is 14.5. The van der Waals surface area contributed by atoms with Gasteiger partial charge in [-0.05, 0) is 37.1 Å². The third kappa shape index (κ3) is 3.33. The van der Waals surface area contributed by atoms with Crippen molar-refractivity contribution in [2.45, 2.75) is 20.3 Å². The van der Waals surface area contributed by atoms with Crippen molar-refractivity contribution in [3.05, 3.63) is 46.8 Å². The highest BCUT2D eigenvalue weighted by Crippen LogP contribution is 2.28. The number of ketones is 1. The van der Waals surface area contributed by atoms with E-state index in [1.165, 1.54) is 11.3 Å². The number of rotatable bonds is 5. The zero-order valence-corrected chi connectivity index (χ0v) is 12.4. The van der Waals surface area contributed by atoms with E-state index in [9.17, 15) is 9.59 Å². The lowest BCUT2D eigenvalue weighted by Crippen LogP contribution is -2.22. The number of amides is 1. The molecule has 0 saturated heterocycles. The van der Waals surface area contributed by atoms with Gasteiger partial charge in [0.1, 0.15) is 0 Å². The lowest BCUT2D eigenvalue weighted by molar-refractivity contribution is 0.0956. The van der Waals surface area contributed by atoms with Gasteiger partial charge in [-0.15, -0.1) is 11.3 Å². The van der Waals surface area contributed by atoms with E-state index >= 15 is 0 Å². The molecule has 0 unspecified atom stereocenters. The average Bonchev–Trinajstić information content (AvgIpc) is 2.94. The van der Waals surface area contributed by atoms with Gasteiger partial charge in [0.25, 0.3) is 5.91 Å². The van der Waals surface area contributed by atoms with Gasteiger partial charge in [-0.3, -0.25) is 9.59 Å². The van der Waals surface area contributed by atoms with Crippen molar-refractivity contribution in [1.82, 2.24) is 5.32 Å². The third-order valence-corrected chi connectivity index (χ3v) is 4.05. The molecule has 3 nitrogen and oxygen atoms in total. The summed E-state index contributed by atoms with van der Waals surface area (Å²) >= 11 is 1.44. The summed E-state index contributed by atoms with van der Waals surface area (Å²) in [5.41, 5.74) is 1.66. The van der Waals surface area contributed by atoms with Crippen LogP contribution in [-0.2, 0) is 0 Å². The van der Waals surface area contributed by atoms with Crippen LogP contribution >= 0.6 is 11.3 Å². The number of hydrogen-bond donors (Lipinski definition) is 1. The molecule has 0 spiro atoms. The fourth-order valence-electron chi connectivity index (χ4n) is 1.83. The second-order valence-corrected chi connectivity index (χ2v) is 5.64. The van der Waals surface area contributed by atoms with Crippen LogP contribution in [0.1, 0.15) is 40.3 Å². The molecular formula is C16H17NO2S. The van der Waals surface area contributed by atoms with Crippen LogP contribution in [0.15, 0.2) is 36.4 Å². The molecule has 2 rings (SSSR count). The SMILES string of the molecule is CCCNC(=O)c1ccc(-c2cccc(C(C)=O)c2)s1. The molecule has 20 heavy (non-hydrogen) atoms. The molecular weight excluding hydrogens is 270 g/mol. The van der Waals surface area contributed by atoms with Crippen molar-refractivity contribution >= 4 is 23.0 Å². The van der Waals surface area contributed by atoms with Crippen molar-refractivity contribution in [3.63, 3.8) is 0 Å². The Kier molecular flexibility index (Phi) is 4.69. The Hall–Kier alpha value is -1.94. The van der Waals surface area contributed by atoms with E-state index in [4.69, 9.17) is 0 Å². The molecule has 2 aromatic rings. The maximum absolute atomic E-state index is 11.9. The molecule has 0 atom stereocenters. The first-order valence-electron chi connectivity index (χ1n) is 6.61. The lowest BCUT2D eigenvalue weighted by Gasteiger charge is -2.01. The molecule has 1 aromatic carbocycles. The van der Waals surface area contributed by atoms with Crippen molar-refractivity contribution < 1.29 is 9.59 Å². The van der Waals surface area contributed by atoms with Gasteiger partial charge >= 0.3 is 0 Å². The summed E-state index contributed by atoms with van der Waals surface area (Å²) in [6, 6.07) is 11.2. The predicted octanol–water partition coefficient (Wildman–Crippen LogP) is 3.76. The van der Waals surface area contributed by atoms with E-state index in [0.29, 0.717) is 17.0 Å². The fourth-order valence-corrected chi connectivity index (χ4v) is 2.75. The molecule has 1 N–H and O–H groups in total. The number of Topliss-reactive ketones (excluding diaryl/α,β-unsaturated/α-hetero) is 1. The van der Waals surface area contributed by atoms with Crippen LogP contribution in [0.5, 0.6) is 0 Å². The van der Waals surface area contributed by atoms with E-state index in [1.807, 2.05) is 37.3 Å². The van der Waals surface area contributed by atoms with Crippen molar-refractivity contribution in [3.8, 4) is 10.4 Å². The molecule has 4 heteroatoms. The van der Waals surface area contributed by atoms with Crippen molar-refractivity contribution in [2.75, 3.05) is 6.54 Å². The minimum Gasteiger partial charge on any atom is -0.351 e. The Balaban J connectivity index is 2.22. The lowest BCUT2D eigenvalue weighted by atomic mass is 10.1.